The predicted molar refractivity (Wildman–Crippen MR) is 99.0 cm³/mol. The molecular formula is C19H17N7O. The molecule has 0 atom stereocenters. The molecule has 8 heteroatoms. The van der Waals surface area contributed by atoms with Crippen LogP contribution in [0.15, 0.2) is 54.9 Å². The quantitative estimate of drug-likeness (QED) is 0.591. The first-order valence-electron chi connectivity index (χ1n) is 8.87. The normalized spacial score (nSPS) is 13.8. The second-order valence-electron chi connectivity index (χ2n) is 6.68. The first-order valence-corrected chi connectivity index (χ1v) is 8.87. The summed E-state index contributed by atoms with van der Waals surface area (Å²) in [5.74, 6) is 0.617. The molecule has 1 aliphatic carbocycles. The fourth-order valence-corrected chi connectivity index (χ4v) is 3.13. The van der Waals surface area contributed by atoms with Crippen molar-refractivity contribution in [2.45, 2.75) is 25.3 Å². The summed E-state index contributed by atoms with van der Waals surface area (Å²) in [5, 5.41) is 14.9. The number of carbonyl (C=O) groups is 1. The molecule has 0 radical (unpaired) electrons. The van der Waals surface area contributed by atoms with Gasteiger partial charge in [-0.15, -0.1) is 5.10 Å². The summed E-state index contributed by atoms with van der Waals surface area (Å²) >= 11 is 0. The van der Waals surface area contributed by atoms with Crippen LogP contribution in [-0.4, -0.2) is 35.5 Å². The number of aromatic nitrogens is 6. The van der Waals surface area contributed by atoms with Gasteiger partial charge in [-0.2, -0.15) is 0 Å². The summed E-state index contributed by atoms with van der Waals surface area (Å²) in [6, 6.07) is 13.7. The molecule has 1 aliphatic rings. The van der Waals surface area contributed by atoms with Crippen LogP contribution in [0.4, 0.5) is 5.69 Å². The molecule has 1 saturated carbocycles. The monoisotopic (exact) mass is 359 g/mol. The number of tetrazole rings is 1. The van der Waals surface area contributed by atoms with Crippen molar-refractivity contribution in [1.82, 2.24) is 29.6 Å². The van der Waals surface area contributed by atoms with E-state index >= 15 is 0 Å². The first-order chi connectivity index (χ1) is 13.3. The van der Waals surface area contributed by atoms with Crippen molar-refractivity contribution in [2.24, 2.45) is 0 Å². The fraction of sp³-hybridized carbons (Fsp3) is 0.211. The number of nitrogens with one attached hydrogen (secondary N) is 1. The molecule has 3 aromatic heterocycles. The molecule has 1 aromatic carbocycles. The second-order valence-corrected chi connectivity index (χ2v) is 6.68. The highest BCUT2D eigenvalue weighted by Gasteiger charge is 2.28. The molecule has 0 bridgehead atoms. The van der Waals surface area contributed by atoms with Gasteiger partial charge in [0, 0.05) is 23.6 Å². The highest BCUT2D eigenvalue weighted by Crippen LogP contribution is 2.36. The van der Waals surface area contributed by atoms with E-state index in [0.717, 1.165) is 35.6 Å². The first kappa shape index (κ1) is 15.7. The van der Waals surface area contributed by atoms with Crippen LogP contribution in [0.3, 0.4) is 0 Å². The van der Waals surface area contributed by atoms with Gasteiger partial charge in [0.25, 0.3) is 0 Å². The van der Waals surface area contributed by atoms with Crippen LogP contribution in [-0.2, 0) is 11.2 Å². The molecule has 0 saturated heterocycles. The number of hydrogen-bond donors (Lipinski definition) is 1. The van der Waals surface area contributed by atoms with Gasteiger partial charge in [-0.25, -0.2) is 9.67 Å². The van der Waals surface area contributed by atoms with Crippen LogP contribution in [0.1, 0.15) is 24.6 Å². The maximum absolute atomic E-state index is 12.4. The van der Waals surface area contributed by atoms with Crippen molar-refractivity contribution >= 4 is 17.2 Å². The molecule has 4 aromatic rings. The molecule has 1 fully saturated rings. The van der Waals surface area contributed by atoms with Crippen molar-refractivity contribution in [3.05, 3.63) is 60.6 Å². The van der Waals surface area contributed by atoms with Crippen molar-refractivity contribution in [3.63, 3.8) is 0 Å². The molecule has 5 rings (SSSR count). The number of fused-ring (bicyclic) bond motifs is 1. The molecule has 8 nitrogen and oxygen atoms in total. The van der Waals surface area contributed by atoms with Gasteiger partial charge in [-0.05, 0) is 47.5 Å². The van der Waals surface area contributed by atoms with Crippen LogP contribution < -0.4 is 5.32 Å². The zero-order valence-corrected chi connectivity index (χ0v) is 14.5. The van der Waals surface area contributed by atoms with E-state index in [2.05, 4.69) is 25.8 Å². The van der Waals surface area contributed by atoms with E-state index in [9.17, 15) is 4.79 Å². The minimum absolute atomic E-state index is 0.114. The van der Waals surface area contributed by atoms with Gasteiger partial charge < -0.3 is 9.72 Å². The smallest absolute Gasteiger partial charge is 0.230 e. The SMILES string of the molecule is O=C(Cc1cn2ccccc2n1)Nc1cccc(-c2nnnn2C2CC2)c1. The van der Waals surface area contributed by atoms with E-state index in [1.807, 2.05) is 63.9 Å². The van der Waals surface area contributed by atoms with E-state index < -0.39 is 0 Å². The van der Waals surface area contributed by atoms with Gasteiger partial charge in [0.1, 0.15) is 5.65 Å². The average molecular weight is 359 g/mol. The summed E-state index contributed by atoms with van der Waals surface area (Å²) in [7, 11) is 0. The van der Waals surface area contributed by atoms with Gasteiger partial charge in [0.2, 0.25) is 5.91 Å². The lowest BCUT2D eigenvalue weighted by atomic mass is 10.2. The average Bonchev–Trinajstić information content (AvgIpc) is 3.25. The molecule has 0 aliphatic heterocycles. The summed E-state index contributed by atoms with van der Waals surface area (Å²) < 4.78 is 3.76. The Labute approximate surface area is 154 Å². The number of rotatable bonds is 5. The Hall–Kier alpha value is -3.55. The zero-order chi connectivity index (χ0) is 18.2. The van der Waals surface area contributed by atoms with E-state index in [1.165, 1.54) is 0 Å². The standard InChI is InChI=1S/C19H17N7O/c27-18(11-15-12-25-9-2-1-6-17(25)20-15)21-14-5-3-4-13(10-14)19-22-23-24-26(19)16-7-8-16/h1-6,9-10,12,16H,7-8,11H2,(H,21,27). The third kappa shape index (κ3) is 3.17. The minimum atomic E-state index is -0.114. The van der Waals surface area contributed by atoms with E-state index in [1.54, 1.807) is 0 Å². The Morgan fingerprint density at radius 3 is 2.96 bits per heavy atom. The molecule has 27 heavy (non-hydrogen) atoms. The lowest BCUT2D eigenvalue weighted by Crippen LogP contribution is -2.14. The predicted octanol–water partition coefficient (Wildman–Crippen LogP) is 2.50. The Morgan fingerprint density at radius 1 is 1.19 bits per heavy atom. The third-order valence-corrected chi connectivity index (χ3v) is 4.55. The zero-order valence-electron chi connectivity index (χ0n) is 14.5. The molecule has 1 N–H and O–H groups in total. The Kier molecular flexibility index (Phi) is 3.67. The van der Waals surface area contributed by atoms with Crippen molar-refractivity contribution in [1.29, 1.82) is 0 Å². The van der Waals surface area contributed by atoms with E-state index in [0.29, 0.717) is 11.7 Å². The number of nitrogens with zero attached hydrogens (tertiary/aromatic N) is 6. The Morgan fingerprint density at radius 2 is 2.11 bits per heavy atom. The van der Waals surface area contributed by atoms with Gasteiger partial charge in [0.05, 0.1) is 18.2 Å². The Balaban J connectivity index is 1.33. The Bertz CT molecular complexity index is 1090. The number of benzene rings is 1. The largest absolute Gasteiger partial charge is 0.326 e. The topological polar surface area (TPSA) is 90.0 Å². The number of amides is 1. The van der Waals surface area contributed by atoms with Gasteiger partial charge >= 0.3 is 0 Å². The molecule has 1 amide bonds. The van der Waals surface area contributed by atoms with Crippen LogP contribution in [0.5, 0.6) is 0 Å². The van der Waals surface area contributed by atoms with Gasteiger partial charge in [-0.1, -0.05) is 18.2 Å². The number of anilines is 1. The number of hydrogen-bond acceptors (Lipinski definition) is 5. The van der Waals surface area contributed by atoms with Gasteiger partial charge in [-0.3, -0.25) is 4.79 Å². The van der Waals surface area contributed by atoms with E-state index in [4.69, 9.17) is 0 Å². The summed E-state index contributed by atoms with van der Waals surface area (Å²) in [4.78, 5) is 16.9. The second kappa shape index (κ2) is 6.31. The van der Waals surface area contributed by atoms with Crippen LogP contribution >= 0.6 is 0 Å². The maximum atomic E-state index is 12.4. The molecular weight excluding hydrogens is 342 g/mol. The molecule has 3 heterocycles. The fourth-order valence-electron chi connectivity index (χ4n) is 3.13. The summed E-state index contributed by atoms with van der Waals surface area (Å²) in [5.41, 5.74) is 3.16. The number of imidazole rings is 1. The van der Waals surface area contributed by atoms with E-state index in [-0.39, 0.29) is 12.3 Å². The minimum Gasteiger partial charge on any atom is -0.326 e. The highest BCUT2D eigenvalue weighted by atomic mass is 16.1. The number of carbonyl (C=O) groups excluding carboxylic acids is 1. The third-order valence-electron chi connectivity index (χ3n) is 4.55. The summed E-state index contributed by atoms with van der Waals surface area (Å²) in [6.45, 7) is 0. The maximum Gasteiger partial charge on any atom is 0.230 e. The van der Waals surface area contributed by atoms with Crippen LogP contribution in [0.2, 0.25) is 0 Å². The summed E-state index contributed by atoms with van der Waals surface area (Å²) in [6.07, 6.45) is 6.21. The van der Waals surface area contributed by atoms with Crippen LogP contribution in [0.25, 0.3) is 17.0 Å². The number of pyridine rings is 1. The van der Waals surface area contributed by atoms with Gasteiger partial charge in [0.15, 0.2) is 5.82 Å². The molecule has 0 unspecified atom stereocenters. The van der Waals surface area contributed by atoms with Crippen molar-refractivity contribution in [2.75, 3.05) is 5.32 Å². The van der Waals surface area contributed by atoms with Crippen LogP contribution in [0, 0.1) is 0 Å². The lowest BCUT2D eigenvalue weighted by Gasteiger charge is -2.07. The lowest BCUT2D eigenvalue weighted by molar-refractivity contribution is -0.115. The van der Waals surface area contributed by atoms with Crippen molar-refractivity contribution in [3.8, 4) is 11.4 Å². The van der Waals surface area contributed by atoms with Crippen molar-refractivity contribution < 1.29 is 4.79 Å². The highest BCUT2D eigenvalue weighted by molar-refractivity contribution is 5.92. The molecule has 0 spiro atoms. The molecule has 134 valence electrons.